The third kappa shape index (κ3) is 2.64. The fourth-order valence-electron chi connectivity index (χ4n) is 3.61. The number of ether oxygens (including phenoxy) is 2. The summed E-state index contributed by atoms with van der Waals surface area (Å²) in [5, 5.41) is 0. The monoisotopic (exact) mass is 326 g/mol. The van der Waals surface area contributed by atoms with Crippen molar-refractivity contribution in [2.75, 3.05) is 14.2 Å². The molecule has 0 radical (unpaired) electrons. The molecule has 2 heterocycles. The van der Waals surface area contributed by atoms with E-state index in [9.17, 15) is 9.59 Å². The van der Waals surface area contributed by atoms with Crippen LogP contribution in [0.5, 0.6) is 0 Å². The Hall–Kier alpha value is -2.76. The first-order valence-corrected chi connectivity index (χ1v) is 7.64. The highest BCUT2D eigenvalue weighted by atomic mass is 16.5. The van der Waals surface area contributed by atoms with Gasteiger partial charge in [0, 0.05) is 36.6 Å². The highest BCUT2D eigenvalue weighted by molar-refractivity contribution is 5.87. The molecule has 1 saturated carbocycles. The Balaban J connectivity index is 2.07. The molecule has 1 aliphatic rings. The van der Waals surface area contributed by atoms with E-state index in [2.05, 4.69) is 9.97 Å². The van der Waals surface area contributed by atoms with Crippen LogP contribution in [-0.2, 0) is 19.1 Å². The molecule has 2 aromatic rings. The molecule has 0 aromatic carbocycles. The zero-order valence-electron chi connectivity index (χ0n) is 13.5. The van der Waals surface area contributed by atoms with Crippen LogP contribution in [-0.4, -0.2) is 36.1 Å². The molecule has 0 spiro atoms. The van der Waals surface area contributed by atoms with Crippen molar-refractivity contribution in [1.82, 2.24) is 9.97 Å². The average molecular weight is 326 g/mol. The van der Waals surface area contributed by atoms with E-state index in [0.717, 1.165) is 11.1 Å². The minimum atomic E-state index is -0.581. The molecular weight excluding hydrogens is 308 g/mol. The number of aromatic nitrogens is 2. The lowest BCUT2D eigenvalue weighted by Crippen LogP contribution is -2.52. The van der Waals surface area contributed by atoms with Gasteiger partial charge in [-0.05, 0) is 35.4 Å². The molecule has 2 aromatic heterocycles. The number of rotatable bonds is 4. The number of carbonyl (C=O) groups is 2. The van der Waals surface area contributed by atoms with Crippen molar-refractivity contribution in [3.8, 4) is 0 Å². The third-order valence-electron chi connectivity index (χ3n) is 4.68. The molecule has 6 heteroatoms. The Bertz CT molecular complexity index is 657. The van der Waals surface area contributed by atoms with E-state index < -0.39 is 23.8 Å². The van der Waals surface area contributed by atoms with Crippen LogP contribution in [0.1, 0.15) is 23.0 Å². The molecule has 24 heavy (non-hydrogen) atoms. The van der Waals surface area contributed by atoms with Gasteiger partial charge in [0.05, 0.1) is 26.1 Å². The van der Waals surface area contributed by atoms with Crippen LogP contribution in [0.3, 0.4) is 0 Å². The fraction of sp³-hybridized carbons (Fsp3) is 0.333. The topological polar surface area (TPSA) is 78.4 Å². The van der Waals surface area contributed by atoms with Gasteiger partial charge >= 0.3 is 11.9 Å². The Kier molecular flexibility index (Phi) is 4.55. The van der Waals surface area contributed by atoms with E-state index in [-0.39, 0.29) is 11.8 Å². The number of hydrogen-bond donors (Lipinski definition) is 0. The average Bonchev–Trinajstić information content (AvgIpc) is 2.62. The lowest BCUT2D eigenvalue weighted by Gasteiger charge is -2.49. The summed E-state index contributed by atoms with van der Waals surface area (Å²) < 4.78 is 9.88. The van der Waals surface area contributed by atoms with Gasteiger partial charge in [-0.1, -0.05) is 0 Å². The summed E-state index contributed by atoms with van der Waals surface area (Å²) >= 11 is 0. The van der Waals surface area contributed by atoms with Crippen LogP contribution in [0.4, 0.5) is 0 Å². The van der Waals surface area contributed by atoms with Crippen LogP contribution in [0, 0.1) is 11.8 Å². The molecule has 124 valence electrons. The SMILES string of the molecule is COC(=O)[C@@H]1[C@H](C(=O)OC)[C@@H](c2ccncc2)[C@H]1c1ccncc1. The second kappa shape index (κ2) is 6.78. The van der Waals surface area contributed by atoms with Gasteiger partial charge < -0.3 is 9.47 Å². The minimum absolute atomic E-state index is 0.174. The number of hydrogen-bond acceptors (Lipinski definition) is 6. The summed E-state index contributed by atoms with van der Waals surface area (Å²) in [6.45, 7) is 0. The molecule has 6 nitrogen and oxygen atoms in total. The molecule has 0 aliphatic heterocycles. The molecule has 0 unspecified atom stereocenters. The van der Waals surface area contributed by atoms with Crippen LogP contribution in [0.15, 0.2) is 49.1 Å². The Morgan fingerprint density at radius 2 is 1.08 bits per heavy atom. The highest BCUT2D eigenvalue weighted by Gasteiger charge is 2.59. The van der Waals surface area contributed by atoms with Gasteiger partial charge in [0.2, 0.25) is 0 Å². The summed E-state index contributed by atoms with van der Waals surface area (Å²) in [5.41, 5.74) is 1.89. The molecule has 3 rings (SSSR count). The predicted octanol–water partition coefficient (Wildman–Crippen LogP) is 1.94. The number of pyridine rings is 2. The van der Waals surface area contributed by atoms with Gasteiger partial charge in [-0.2, -0.15) is 0 Å². The molecule has 0 N–H and O–H groups in total. The molecule has 1 aliphatic carbocycles. The fourth-order valence-corrected chi connectivity index (χ4v) is 3.61. The van der Waals surface area contributed by atoms with E-state index in [4.69, 9.17) is 9.47 Å². The zero-order valence-corrected chi connectivity index (χ0v) is 13.5. The Morgan fingerprint density at radius 3 is 1.38 bits per heavy atom. The quantitative estimate of drug-likeness (QED) is 0.799. The molecule has 1 fully saturated rings. The van der Waals surface area contributed by atoms with Gasteiger partial charge in [-0.15, -0.1) is 0 Å². The maximum atomic E-state index is 12.3. The van der Waals surface area contributed by atoms with Crippen molar-refractivity contribution in [2.24, 2.45) is 11.8 Å². The minimum Gasteiger partial charge on any atom is -0.469 e. The number of methoxy groups -OCH3 is 2. The van der Waals surface area contributed by atoms with Crippen LogP contribution in [0.25, 0.3) is 0 Å². The smallest absolute Gasteiger partial charge is 0.310 e. The molecule has 4 atom stereocenters. The molecule has 0 amide bonds. The maximum Gasteiger partial charge on any atom is 0.310 e. The largest absolute Gasteiger partial charge is 0.469 e. The van der Waals surface area contributed by atoms with Gasteiger partial charge in [0.25, 0.3) is 0 Å². The van der Waals surface area contributed by atoms with Crippen molar-refractivity contribution in [3.05, 3.63) is 60.2 Å². The zero-order chi connectivity index (χ0) is 17.1. The molecular formula is C18H18N2O4. The summed E-state index contributed by atoms with van der Waals surface area (Å²) in [7, 11) is 2.67. The van der Waals surface area contributed by atoms with E-state index in [1.54, 1.807) is 24.8 Å². The molecule has 0 bridgehead atoms. The van der Waals surface area contributed by atoms with Crippen molar-refractivity contribution >= 4 is 11.9 Å². The van der Waals surface area contributed by atoms with E-state index in [1.165, 1.54) is 14.2 Å². The van der Waals surface area contributed by atoms with Gasteiger partial charge in [-0.25, -0.2) is 0 Å². The Labute approximate surface area is 139 Å². The maximum absolute atomic E-state index is 12.3. The van der Waals surface area contributed by atoms with Crippen LogP contribution < -0.4 is 0 Å². The van der Waals surface area contributed by atoms with Gasteiger partial charge in [-0.3, -0.25) is 19.6 Å². The number of esters is 2. The summed E-state index contributed by atoms with van der Waals surface area (Å²) in [4.78, 5) is 32.7. The lowest BCUT2D eigenvalue weighted by molar-refractivity contribution is -0.168. The van der Waals surface area contributed by atoms with Crippen molar-refractivity contribution in [1.29, 1.82) is 0 Å². The van der Waals surface area contributed by atoms with Crippen molar-refractivity contribution in [2.45, 2.75) is 11.8 Å². The normalized spacial score (nSPS) is 25.4. The summed E-state index contributed by atoms with van der Waals surface area (Å²) in [6, 6.07) is 7.45. The summed E-state index contributed by atoms with van der Waals surface area (Å²) in [5.74, 6) is -2.32. The third-order valence-corrected chi connectivity index (χ3v) is 4.68. The van der Waals surface area contributed by atoms with E-state index in [1.807, 2.05) is 24.3 Å². The highest BCUT2D eigenvalue weighted by Crippen LogP contribution is 2.58. The number of nitrogens with zero attached hydrogens (tertiary/aromatic N) is 2. The van der Waals surface area contributed by atoms with E-state index in [0.29, 0.717) is 0 Å². The van der Waals surface area contributed by atoms with Gasteiger partial charge in [0.1, 0.15) is 0 Å². The number of carbonyl (C=O) groups excluding carboxylic acids is 2. The second-order valence-corrected chi connectivity index (χ2v) is 5.71. The first-order valence-electron chi connectivity index (χ1n) is 7.64. The van der Waals surface area contributed by atoms with Gasteiger partial charge in [0.15, 0.2) is 0 Å². The first kappa shape index (κ1) is 16.1. The Morgan fingerprint density at radius 1 is 0.750 bits per heavy atom. The standard InChI is InChI=1S/C18H18N2O4/c1-23-17(21)15-13(11-3-7-19-8-4-11)14(16(15)18(22)24-2)12-5-9-20-10-6-12/h3-10,13-16H,1-2H3/t13-,14+,15+,16-. The lowest BCUT2D eigenvalue weighted by atomic mass is 9.52. The second-order valence-electron chi connectivity index (χ2n) is 5.71. The van der Waals surface area contributed by atoms with Crippen molar-refractivity contribution < 1.29 is 19.1 Å². The van der Waals surface area contributed by atoms with Crippen LogP contribution in [0.2, 0.25) is 0 Å². The van der Waals surface area contributed by atoms with E-state index >= 15 is 0 Å². The van der Waals surface area contributed by atoms with Crippen LogP contribution >= 0.6 is 0 Å². The first-order chi connectivity index (χ1) is 11.7. The van der Waals surface area contributed by atoms with Crippen molar-refractivity contribution in [3.63, 3.8) is 0 Å². The predicted molar refractivity (Wildman–Crippen MR) is 85.0 cm³/mol. The molecule has 0 saturated heterocycles. The summed E-state index contributed by atoms with van der Waals surface area (Å²) in [6.07, 6.45) is 6.72.